The van der Waals surface area contributed by atoms with Crippen LogP contribution in [0.15, 0.2) is 76.8 Å². The molecule has 3 rings (SSSR count). The van der Waals surface area contributed by atoms with Crippen LogP contribution in [-0.4, -0.2) is 29.8 Å². The summed E-state index contributed by atoms with van der Waals surface area (Å²) in [5.41, 5.74) is 3.92. The number of carbonyl (C=O) groups excluding carboxylic acids is 1. The highest BCUT2D eigenvalue weighted by atomic mass is 19.4. The summed E-state index contributed by atoms with van der Waals surface area (Å²) < 4.78 is 44.1. The van der Waals surface area contributed by atoms with Crippen molar-refractivity contribution in [3.63, 3.8) is 0 Å². The smallest absolute Gasteiger partial charge is 0.410 e. The monoisotopic (exact) mass is 480 g/mol. The lowest BCUT2D eigenvalue weighted by Gasteiger charge is -2.15. The Labute approximate surface area is 200 Å². The normalized spacial score (nSPS) is 12.3. The quantitative estimate of drug-likeness (QED) is 0.316. The molecule has 1 amide bonds. The first-order valence-electron chi connectivity index (χ1n) is 10.5. The number of benzene rings is 2. The van der Waals surface area contributed by atoms with Crippen molar-refractivity contribution in [1.82, 2.24) is 4.98 Å². The number of carbonyl (C=O) groups is 1. The van der Waals surface area contributed by atoms with Crippen LogP contribution in [0, 0.1) is 13.8 Å². The Hall–Kier alpha value is -4.27. The molecule has 35 heavy (non-hydrogen) atoms. The molecule has 0 aliphatic carbocycles. The van der Waals surface area contributed by atoms with Gasteiger partial charge in [-0.3, -0.25) is 5.32 Å². The van der Waals surface area contributed by atoms with E-state index in [9.17, 15) is 18.0 Å². The Morgan fingerprint density at radius 2 is 1.74 bits per heavy atom. The predicted octanol–water partition coefficient (Wildman–Crippen LogP) is 7.00. The number of ether oxygens (including phenoxy) is 1. The van der Waals surface area contributed by atoms with E-state index in [1.165, 1.54) is 0 Å². The predicted molar refractivity (Wildman–Crippen MR) is 132 cm³/mol. The van der Waals surface area contributed by atoms with Gasteiger partial charge in [0.2, 0.25) is 5.84 Å². The third-order valence-electron chi connectivity index (χ3n) is 4.89. The summed E-state index contributed by atoms with van der Waals surface area (Å²) in [5.74, 6) is -0.974. The van der Waals surface area contributed by atoms with Crippen LogP contribution in [-0.2, 0) is 0 Å². The molecule has 0 aliphatic heterocycles. The number of aliphatic imine (C=N–C) groups is 2. The van der Waals surface area contributed by atoms with Gasteiger partial charge >= 0.3 is 12.3 Å². The van der Waals surface area contributed by atoms with Gasteiger partial charge in [0.05, 0.1) is 17.1 Å². The molecule has 9 heteroatoms. The van der Waals surface area contributed by atoms with E-state index in [-0.39, 0.29) is 0 Å². The lowest BCUT2D eigenvalue weighted by Crippen LogP contribution is -2.20. The number of halogens is 3. The van der Waals surface area contributed by atoms with Crippen LogP contribution in [0.2, 0.25) is 0 Å². The van der Waals surface area contributed by atoms with Crippen LogP contribution >= 0.6 is 0 Å². The first-order valence-corrected chi connectivity index (χ1v) is 10.5. The molecule has 0 aliphatic rings. The lowest BCUT2D eigenvalue weighted by atomic mass is 10.0. The maximum absolute atomic E-state index is 12.9. The molecule has 0 saturated heterocycles. The van der Waals surface area contributed by atoms with Crippen LogP contribution in [0.4, 0.5) is 23.7 Å². The number of aryl methyl sites for hydroxylation is 2. The Bertz CT molecular complexity index is 1280. The van der Waals surface area contributed by atoms with Gasteiger partial charge in [-0.05, 0) is 56.8 Å². The van der Waals surface area contributed by atoms with E-state index in [1.807, 2.05) is 37.3 Å². The van der Waals surface area contributed by atoms with Gasteiger partial charge in [-0.1, -0.05) is 48.0 Å². The highest BCUT2D eigenvalue weighted by Gasteiger charge is 2.35. The summed E-state index contributed by atoms with van der Waals surface area (Å²) in [6.45, 7) is 8.16. The van der Waals surface area contributed by atoms with Crippen molar-refractivity contribution in [3.05, 3.63) is 83.7 Å². The van der Waals surface area contributed by atoms with E-state index in [2.05, 4.69) is 27.0 Å². The van der Waals surface area contributed by atoms with Gasteiger partial charge in [0, 0.05) is 11.8 Å². The number of amidine groups is 1. The Morgan fingerprint density at radius 1 is 1.09 bits per heavy atom. The Morgan fingerprint density at radius 3 is 2.34 bits per heavy atom. The van der Waals surface area contributed by atoms with E-state index in [0.717, 1.165) is 11.8 Å². The Balaban J connectivity index is 1.99. The van der Waals surface area contributed by atoms with E-state index in [1.54, 1.807) is 44.2 Å². The van der Waals surface area contributed by atoms with Gasteiger partial charge in [-0.25, -0.2) is 19.8 Å². The van der Waals surface area contributed by atoms with Crippen LogP contribution in [0.25, 0.3) is 16.8 Å². The molecule has 1 heterocycles. The van der Waals surface area contributed by atoms with Gasteiger partial charge in [-0.15, -0.1) is 0 Å². The van der Waals surface area contributed by atoms with Crippen molar-refractivity contribution in [3.8, 4) is 17.0 Å². The number of rotatable bonds is 5. The second kappa shape index (κ2) is 10.8. The average molecular weight is 480 g/mol. The summed E-state index contributed by atoms with van der Waals surface area (Å²) in [6, 6.07) is 17.7. The maximum atomic E-state index is 12.9. The number of allylic oxidation sites excluding steroid dienone is 1. The molecule has 6 nitrogen and oxygen atoms in total. The van der Waals surface area contributed by atoms with Crippen molar-refractivity contribution in [1.29, 1.82) is 0 Å². The molecule has 1 N–H and O–H groups in total. The largest absolute Gasteiger partial charge is 0.451 e. The zero-order valence-electron chi connectivity index (χ0n) is 19.3. The topological polar surface area (TPSA) is 75.9 Å². The summed E-state index contributed by atoms with van der Waals surface area (Å²) in [4.78, 5) is 23.6. The number of alkyl halides is 3. The molecule has 180 valence electrons. The van der Waals surface area contributed by atoms with Crippen LogP contribution in [0.1, 0.15) is 23.7 Å². The van der Waals surface area contributed by atoms with Crippen molar-refractivity contribution in [2.24, 2.45) is 9.98 Å². The number of hydrogen-bond acceptors (Lipinski definition) is 4. The van der Waals surface area contributed by atoms with E-state index < -0.39 is 18.1 Å². The second-order valence-corrected chi connectivity index (χ2v) is 7.66. The third kappa shape index (κ3) is 6.63. The highest BCUT2D eigenvalue weighted by Crippen LogP contribution is 2.31. The fourth-order valence-electron chi connectivity index (χ4n) is 3.20. The summed E-state index contributed by atoms with van der Waals surface area (Å²) in [6.07, 6.45) is -4.38. The molecule has 0 spiro atoms. The fourth-order valence-corrected chi connectivity index (χ4v) is 3.20. The minimum atomic E-state index is -4.72. The van der Waals surface area contributed by atoms with Crippen molar-refractivity contribution < 1.29 is 22.7 Å². The zero-order valence-corrected chi connectivity index (χ0v) is 19.3. The van der Waals surface area contributed by atoms with Crippen LogP contribution in [0.5, 0.6) is 5.75 Å². The standard InChI is InChI=1S/C26H23F3N4O2/c1-16-10-12-20(13-11-16)35-25(34)32-21-14-17(2)22(33-23(21)19-8-6-5-7-9-19)18(3)15-31-24(30-4)26(27,28)29/h5-15H,4H2,1-3H3,(H,32,34)/b18-15+,31-24?. The van der Waals surface area contributed by atoms with Crippen molar-refractivity contribution >= 4 is 29.9 Å². The summed E-state index contributed by atoms with van der Waals surface area (Å²) in [7, 11) is 0. The number of aromatic nitrogens is 1. The van der Waals surface area contributed by atoms with E-state index in [4.69, 9.17) is 4.74 Å². The first-order chi connectivity index (χ1) is 16.6. The SMILES string of the molecule is C=NC(=N/C=C(\C)c1nc(-c2ccccc2)c(NC(=O)Oc2ccc(C)cc2)cc1C)C(F)(F)F. The van der Waals surface area contributed by atoms with E-state index in [0.29, 0.717) is 39.5 Å². The Kier molecular flexibility index (Phi) is 7.80. The number of pyridine rings is 1. The summed E-state index contributed by atoms with van der Waals surface area (Å²) in [5, 5.41) is 2.72. The minimum absolute atomic E-state index is 0.374. The second-order valence-electron chi connectivity index (χ2n) is 7.66. The maximum Gasteiger partial charge on any atom is 0.451 e. The fraction of sp³-hybridized carbons (Fsp3) is 0.154. The number of nitrogens with one attached hydrogen (secondary N) is 1. The lowest BCUT2D eigenvalue weighted by molar-refractivity contribution is -0.0596. The third-order valence-corrected chi connectivity index (χ3v) is 4.89. The molecule has 3 aromatic rings. The molecule has 2 aromatic carbocycles. The molecule has 0 atom stereocenters. The van der Waals surface area contributed by atoms with Gasteiger partial charge < -0.3 is 4.74 Å². The molecule has 0 fully saturated rings. The van der Waals surface area contributed by atoms with Crippen LogP contribution in [0.3, 0.4) is 0 Å². The molecule has 0 saturated carbocycles. The molecular formula is C26H23F3N4O2. The first kappa shape index (κ1) is 25.4. The number of amides is 1. The molecule has 0 unspecified atom stereocenters. The molecule has 1 aromatic heterocycles. The number of hydrogen-bond donors (Lipinski definition) is 1. The zero-order chi connectivity index (χ0) is 25.6. The number of anilines is 1. The van der Waals surface area contributed by atoms with Gasteiger partial charge in [-0.2, -0.15) is 13.2 Å². The number of nitrogens with zero attached hydrogens (tertiary/aromatic N) is 3. The molecular weight excluding hydrogens is 457 g/mol. The van der Waals surface area contributed by atoms with Gasteiger partial charge in [0.1, 0.15) is 5.75 Å². The highest BCUT2D eigenvalue weighted by molar-refractivity contribution is 5.93. The van der Waals surface area contributed by atoms with E-state index >= 15 is 0 Å². The van der Waals surface area contributed by atoms with Crippen molar-refractivity contribution in [2.45, 2.75) is 26.9 Å². The van der Waals surface area contributed by atoms with Crippen LogP contribution < -0.4 is 10.1 Å². The molecule has 0 bridgehead atoms. The van der Waals surface area contributed by atoms with Crippen molar-refractivity contribution in [2.75, 3.05) is 5.32 Å². The summed E-state index contributed by atoms with van der Waals surface area (Å²) >= 11 is 0. The van der Waals surface area contributed by atoms with Gasteiger partial charge in [0.15, 0.2) is 0 Å². The van der Waals surface area contributed by atoms with Gasteiger partial charge in [0.25, 0.3) is 0 Å². The minimum Gasteiger partial charge on any atom is -0.410 e. The average Bonchev–Trinajstić information content (AvgIpc) is 2.80. The molecule has 0 radical (unpaired) electrons.